The van der Waals surface area contributed by atoms with Crippen molar-refractivity contribution in [3.05, 3.63) is 0 Å². The normalized spacial score (nSPS) is 28.7. The fraction of sp³-hybridized carbons (Fsp3) is 1.00. The van der Waals surface area contributed by atoms with E-state index >= 15 is 0 Å². The molecule has 0 amide bonds. The number of likely N-dealkylation sites (N-methyl/N-ethyl adjacent to an activating group) is 1. The van der Waals surface area contributed by atoms with Crippen molar-refractivity contribution in [3.8, 4) is 0 Å². The van der Waals surface area contributed by atoms with Gasteiger partial charge >= 0.3 is 0 Å². The van der Waals surface area contributed by atoms with Crippen LogP contribution in [-0.2, 0) is 0 Å². The number of β-amino-alcohol motifs (C(OH)–C–C–N with tert-alkyl or cyclic N) is 1. The van der Waals surface area contributed by atoms with Crippen LogP contribution in [0.25, 0.3) is 0 Å². The number of hydrogen-bond acceptors (Lipinski definition) is 9. The van der Waals surface area contributed by atoms with Crippen molar-refractivity contribution < 1.29 is 35.7 Å². The van der Waals surface area contributed by atoms with Crippen molar-refractivity contribution >= 4 is 0 Å². The van der Waals surface area contributed by atoms with Crippen molar-refractivity contribution in [2.45, 2.75) is 193 Å². The molecule has 0 aromatic carbocycles. The molecule has 2 heterocycles. The van der Waals surface area contributed by atoms with Gasteiger partial charge in [0, 0.05) is 38.2 Å². The summed E-state index contributed by atoms with van der Waals surface area (Å²) in [6.07, 6.45) is 10.6. The van der Waals surface area contributed by atoms with Crippen molar-refractivity contribution in [1.82, 2.24) is 9.80 Å². The fourth-order valence-electron chi connectivity index (χ4n) is 9.78. The van der Waals surface area contributed by atoms with Crippen molar-refractivity contribution in [2.24, 2.45) is 62.6 Å². The SMILES string of the molecule is CC(C)(C)[C@@H]1CCC[C@H]1O.CC(C)(C)[C@@H]1CC[C@@H](O)C1.CC(C)CC(CO)(CO)CO.CCN1C[C@H](CO)C[C@@H](CC(C)(C)C)C1.CCN1C[C@H](O)C[C@@H](C(C)(C)C)C1. The van der Waals surface area contributed by atoms with E-state index in [2.05, 4.69) is 107 Å². The molecule has 0 aromatic heterocycles. The zero-order valence-electron chi connectivity index (χ0n) is 41.9. The first-order chi connectivity index (χ1) is 27.0. The summed E-state index contributed by atoms with van der Waals surface area (Å²) >= 11 is 0. The van der Waals surface area contributed by atoms with Crippen LogP contribution in [0.3, 0.4) is 0 Å². The van der Waals surface area contributed by atoms with Gasteiger partial charge in [0.1, 0.15) is 0 Å². The van der Waals surface area contributed by atoms with E-state index in [1.54, 1.807) is 0 Å². The molecule has 0 aromatic rings. The van der Waals surface area contributed by atoms with E-state index in [1.165, 1.54) is 38.6 Å². The molecule has 9 nitrogen and oxygen atoms in total. The second-order valence-corrected chi connectivity index (χ2v) is 24.1. The Bertz CT molecular complexity index is 1040. The Labute approximate surface area is 366 Å². The molecule has 0 unspecified atom stereocenters. The van der Waals surface area contributed by atoms with E-state index in [-0.39, 0.29) is 38.1 Å². The van der Waals surface area contributed by atoms with Crippen molar-refractivity contribution in [2.75, 3.05) is 65.7 Å². The number of rotatable bonds is 9. The van der Waals surface area contributed by atoms with Crippen LogP contribution in [0.5, 0.6) is 0 Å². The summed E-state index contributed by atoms with van der Waals surface area (Å²) in [5.41, 5.74) is 0.762. The average molecular weight is 845 g/mol. The molecule has 2 aliphatic heterocycles. The third-order valence-electron chi connectivity index (χ3n) is 13.6. The molecule has 59 heavy (non-hydrogen) atoms. The first-order valence-corrected chi connectivity index (χ1v) is 23.9. The topological polar surface area (TPSA) is 148 Å². The number of nitrogens with zero attached hydrogens (tertiary/aromatic N) is 2. The standard InChI is InChI=1S/C13H27NO.C11H23NO.2C9H18O.C8H18O3/c1-5-14-8-11(7-13(2,3)4)6-12(9-14)10-15;1-5-12-7-9(11(2,3)4)6-10(13)8-12;1-9(2,3)7-4-5-8(10)6-7;1-9(2,3)7-5-4-6-8(7)10;1-7(2)3-8(4-9,5-10)6-11/h11-12,15H,5-10H2,1-4H3;9-10,13H,5-8H2,1-4H3;2*7-8,10H,4-6H2,1-3H3;7,9-11H,3-6H2,1-2H3/t11-,12+;9-,10-;2*7-,8-;/m0111./s1. The smallest absolute Gasteiger partial charge is 0.0670 e. The van der Waals surface area contributed by atoms with Gasteiger partial charge in [-0.3, -0.25) is 0 Å². The number of aliphatic hydroxyl groups excluding tert-OH is 7. The molecule has 9 heteroatoms. The van der Waals surface area contributed by atoms with Gasteiger partial charge in [-0.15, -0.1) is 0 Å². The van der Waals surface area contributed by atoms with Crippen molar-refractivity contribution in [3.63, 3.8) is 0 Å². The molecule has 4 rings (SSSR count). The van der Waals surface area contributed by atoms with Gasteiger partial charge in [0.25, 0.3) is 0 Å². The third kappa shape index (κ3) is 24.3. The van der Waals surface area contributed by atoms with Crippen LogP contribution in [0.4, 0.5) is 0 Å². The lowest BCUT2D eigenvalue weighted by Crippen LogP contribution is -2.46. The quantitative estimate of drug-likeness (QED) is 0.121. The lowest BCUT2D eigenvalue weighted by molar-refractivity contribution is -0.00898. The Morgan fingerprint density at radius 1 is 0.542 bits per heavy atom. The van der Waals surface area contributed by atoms with Crippen LogP contribution in [0.1, 0.15) is 175 Å². The second-order valence-electron chi connectivity index (χ2n) is 24.1. The van der Waals surface area contributed by atoms with Gasteiger partial charge in [-0.25, -0.2) is 0 Å². The molecule has 8 atom stereocenters. The van der Waals surface area contributed by atoms with Gasteiger partial charge in [0.15, 0.2) is 0 Å². The highest BCUT2D eigenvalue weighted by atomic mass is 16.3. The summed E-state index contributed by atoms with van der Waals surface area (Å²) < 4.78 is 0. The molecule has 2 aliphatic carbocycles. The first-order valence-electron chi connectivity index (χ1n) is 23.9. The summed E-state index contributed by atoms with van der Waals surface area (Å²) in [5, 5.41) is 64.5. The average Bonchev–Trinajstić information content (AvgIpc) is 3.78. The zero-order valence-corrected chi connectivity index (χ0v) is 41.9. The largest absolute Gasteiger partial charge is 0.396 e. The minimum absolute atomic E-state index is 0.00998. The third-order valence-corrected chi connectivity index (χ3v) is 13.6. The number of hydrogen-bond donors (Lipinski definition) is 7. The molecule has 4 aliphatic rings. The molecule has 356 valence electrons. The van der Waals surface area contributed by atoms with Gasteiger partial charge in [0.2, 0.25) is 0 Å². The highest BCUT2D eigenvalue weighted by Gasteiger charge is 2.35. The molecule has 7 N–H and O–H groups in total. The predicted molar refractivity (Wildman–Crippen MR) is 249 cm³/mol. The van der Waals surface area contributed by atoms with Crippen LogP contribution in [0.15, 0.2) is 0 Å². The Kier molecular flexibility index (Phi) is 26.9. The lowest BCUT2D eigenvalue weighted by Gasteiger charge is -2.41. The lowest BCUT2D eigenvalue weighted by atomic mass is 9.75. The van der Waals surface area contributed by atoms with E-state index in [9.17, 15) is 20.4 Å². The monoisotopic (exact) mass is 845 g/mol. The van der Waals surface area contributed by atoms with Gasteiger partial charge in [-0.05, 0) is 128 Å². The van der Waals surface area contributed by atoms with Gasteiger partial charge < -0.3 is 45.5 Å². The van der Waals surface area contributed by atoms with Gasteiger partial charge in [-0.2, -0.15) is 0 Å². The maximum Gasteiger partial charge on any atom is 0.0670 e. The molecular formula is C50H104N2O7. The van der Waals surface area contributed by atoms with Crippen molar-refractivity contribution in [1.29, 1.82) is 0 Å². The van der Waals surface area contributed by atoms with E-state index in [0.29, 0.717) is 58.4 Å². The molecular weight excluding hydrogens is 741 g/mol. The Balaban J connectivity index is 0.000000719. The molecule has 2 saturated carbocycles. The summed E-state index contributed by atoms with van der Waals surface area (Å²) in [6, 6.07) is 0. The van der Waals surface area contributed by atoms with E-state index in [1.807, 2.05) is 13.8 Å². The Hall–Kier alpha value is -0.360. The Morgan fingerprint density at radius 2 is 1.03 bits per heavy atom. The molecule has 4 fully saturated rings. The summed E-state index contributed by atoms with van der Waals surface area (Å²) in [4.78, 5) is 4.84. The maximum absolute atomic E-state index is 9.70. The number of aliphatic hydroxyl groups is 7. The van der Waals surface area contributed by atoms with Gasteiger partial charge in [-0.1, -0.05) is 117 Å². The Morgan fingerprint density at radius 3 is 1.34 bits per heavy atom. The molecule has 2 saturated heterocycles. The van der Waals surface area contributed by atoms with E-state index < -0.39 is 5.41 Å². The first kappa shape index (κ1) is 58.6. The van der Waals surface area contributed by atoms with Crippen LogP contribution >= 0.6 is 0 Å². The minimum atomic E-state index is -0.686. The summed E-state index contributed by atoms with van der Waals surface area (Å²) in [5.74, 6) is 3.56. The summed E-state index contributed by atoms with van der Waals surface area (Å²) in [7, 11) is 0. The summed E-state index contributed by atoms with van der Waals surface area (Å²) in [6.45, 7) is 41.9. The number of piperidine rings is 2. The molecule has 0 spiro atoms. The highest BCUT2D eigenvalue weighted by Crippen LogP contribution is 2.40. The maximum atomic E-state index is 9.70. The highest BCUT2D eigenvalue weighted by molar-refractivity contribution is 4.87. The van der Waals surface area contributed by atoms with Crippen LogP contribution in [-0.4, -0.2) is 130 Å². The molecule has 0 radical (unpaired) electrons. The van der Waals surface area contributed by atoms with Gasteiger partial charge in [0.05, 0.1) is 38.1 Å². The molecule has 0 bridgehead atoms. The van der Waals surface area contributed by atoms with Crippen LogP contribution in [0.2, 0.25) is 0 Å². The minimum Gasteiger partial charge on any atom is -0.396 e. The number of likely N-dealkylation sites (tertiary alicyclic amines) is 2. The zero-order chi connectivity index (χ0) is 46.0. The van der Waals surface area contributed by atoms with Crippen LogP contribution < -0.4 is 0 Å². The predicted octanol–water partition coefficient (Wildman–Crippen LogP) is 8.49. The fourth-order valence-corrected chi connectivity index (χ4v) is 9.78. The van der Waals surface area contributed by atoms with E-state index in [0.717, 1.165) is 70.2 Å². The van der Waals surface area contributed by atoms with E-state index in [4.69, 9.17) is 15.3 Å². The van der Waals surface area contributed by atoms with Crippen LogP contribution in [0, 0.1) is 62.6 Å². The second kappa shape index (κ2) is 27.1.